The molecule has 0 bridgehead atoms. The van der Waals surface area contributed by atoms with Crippen molar-refractivity contribution in [1.29, 1.82) is 0 Å². The smallest absolute Gasteiger partial charge is 0.242 e. The van der Waals surface area contributed by atoms with Gasteiger partial charge in [0.15, 0.2) is 11.7 Å². The molecule has 0 spiro atoms. The molecule has 2 atom stereocenters. The Balaban J connectivity index is 4.93. The molecule has 0 heterocycles. The van der Waals surface area contributed by atoms with Crippen molar-refractivity contribution in [3.05, 3.63) is 0 Å². The second-order valence-electron chi connectivity index (χ2n) is 17.8. The number of aliphatic imine (C=N–C) groups is 1. The maximum atomic E-state index is 13.0. The Hall–Kier alpha value is -7.46. The number of nitrogens with one attached hydrogen (secondary N) is 2. The SMILES string of the molecule is CC(=O)[C@H](CCCCN=C(N)N)NC(=O)[C@H](C)NC(=O)CN(C)C(=O)CN(C)C(=O)CN(C)C(=O)CN(C)C(=O)CN(C)C(=O)CN(C)C(=O)CN(C)C(=O)CN(C)C(=O)CN(C)C(=O)CN(C)C(=O)CCN. The number of rotatable bonds is 31. The predicted octanol–water partition coefficient (Wildman–Crippen LogP) is -7.06. The van der Waals surface area contributed by atoms with Gasteiger partial charge in [0, 0.05) is 90.0 Å². The van der Waals surface area contributed by atoms with E-state index in [1.807, 2.05) is 0 Å². The molecule has 0 aromatic rings. The molecule has 0 aromatic carbocycles. The highest BCUT2D eigenvalue weighted by Crippen LogP contribution is 2.05. The molecular formula is C44H78N16O13. The van der Waals surface area contributed by atoms with Crippen LogP contribution in [0.3, 0.4) is 0 Å². The lowest BCUT2D eigenvalue weighted by molar-refractivity contribution is -0.146. The van der Waals surface area contributed by atoms with E-state index in [-0.39, 0.29) is 43.7 Å². The number of nitrogens with zero attached hydrogens (tertiary/aromatic N) is 11. The van der Waals surface area contributed by atoms with Gasteiger partial charge in [-0.25, -0.2) is 0 Å². The van der Waals surface area contributed by atoms with E-state index < -0.39 is 129 Å². The highest BCUT2D eigenvalue weighted by Gasteiger charge is 2.28. The molecule has 0 aliphatic rings. The van der Waals surface area contributed by atoms with Gasteiger partial charge in [-0.15, -0.1) is 0 Å². The van der Waals surface area contributed by atoms with Crippen molar-refractivity contribution in [3.8, 4) is 0 Å². The summed E-state index contributed by atoms with van der Waals surface area (Å²) in [5.41, 5.74) is 16.0. The number of ketones is 1. The summed E-state index contributed by atoms with van der Waals surface area (Å²) >= 11 is 0. The summed E-state index contributed by atoms with van der Waals surface area (Å²) in [6.07, 6.45) is 1.52. The first-order valence-corrected chi connectivity index (χ1v) is 23.1. The maximum Gasteiger partial charge on any atom is 0.242 e. The summed E-state index contributed by atoms with van der Waals surface area (Å²) in [6.45, 7) is -1.18. The molecule has 29 heteroatoms. The molecular weight excluding hydrogens is 961 g/mol. The average molecular weight is 1040 g/mol. The van der Waals surface area contributed by atoms with Crippen LogP contribution in [0.2, 0.25) is 0 Å². The number of unbranched alkanes of at least 4 members (excludes halogenated alkanes) is 1. The number of hydrogen-bond donors (Lipinski definition) is 5. The molecule has 0 fully saturated rings. The lowest BCUT2D eigenvalue weighted by atomic mass is 10.1. The van der Waals surface area contributed by atoms with Crippen LogP contribution in [0.5, 0.6) is 0 Å². The minimum absolute atomic E-state index is 0.0521. The van der Waals surface area contributed by atoms with Gasteiger partial charge in [-0.3, -0.25) is 67.3 Å². The van der Waals surface area contributed by atoms with Crippen LogP contribution in [0, 0.1) is 0 Å². The Kier molecular flexibility index (Phi) is 29.2. The van der Waals surface area contributed by atoms with Crippen molar-refractivity contribution in [2.75, 3.05) is 149 Å². The normalized spacial score (nSPS) is 11.3. The molecule has 0 unspecified atom stereocenters. The quantitative estimate of drug-likeness (QED) is 0.0245. The molecule has 0 aliphatic heterocycles. The largest absolute Gasteiger partial charge is 0.370 e. The van der Waals surface area contributed by atoms with Gasteiger partial charge < -0.3 is 76.8 Å². The Morgan fingerprint density at radius 2 is 0.699 bits per heavy atom. The van der Waals surface area contributed by atoms with Gasteiger partial charge in [0.1, 0.15) is 6.04 Å². The third kappa shape index (κ3) is 25.5. The van der Waals surface area contributed by atoms with Crippen LogP contribution >= 0.6 is 0 Å². The third-order valence-electron chi connectivity index (χ3n) is 11.1. The standard InChI is InChI=1S/C44H78N16O13/c1-29(43(73)50-31(30(2)61)15-13-14-18-48-44(46)47)49-32(62)19-51(3)34(64)21-53(5)36(66)23-55(7)38(68)25-57(9)40(70)27-59(11)42(72)28-60(12)41(71)26-58(10)39(69)24-56(8)37(67)22-54(6)35(65)20-52(4)33(63)16-17-45/h29,31H,13-28,45H2,1-12H3,(H,49,62)(H,50,73)(H4,46,47,48)/t29-,31-/m0/s1. The fraction of sp³-hybridized carbons (Fsp3) is 0.682. The lowest BCUT2D eigenvalue weighted by Crippen LogP contribution is -2.52. The molecule has 0 radical (unpaired) electrons. The number of carbonyl (C=O) groups excluding carboxylic acids is 13. The molecule has 0 saturated heterocycles. The molecule has 0 aliphatic carbocycles. The molecule has 0 saturated carbocycles. The summed E-state index contributed by atoms with van der Waals surface area (Å²) in [7, 11) is 13.3. The third-order valence-corrected chi connectivity index (χ3v) is 11.1. The Morgan fingerprint density at radius 3 is 0.959 bits per heavy atom. The van der Waals surface area contributed by atoms with E-state index in [0.29, 0.717) is 25.8 Å². The lowest BCUT2D eigenvalue weighted by Gasteiger charge is -2.27. The van der Waals surface area contributed by atoms with Crippen LogP contribution in [0.15, 0.2) is 4.99 Å². The van der Waals surface area contributed by atoms with E-state index >= 15 is 0 Å². The average Bonchev–Trinajstić information content (AvgIpc) is 3.29. The Bertz CT molecular complexity index is 2030. The van der Waals surface area contributed by atoms with Crippen LogP contribution < -0.4 is 27.8 Å². The van der Waals surface area contributed by atoms with Gasteiger partial charge in [0.2, 0.25) is 70.9 Å². The van der Waals surface area contributed by atoms with Gasteiger partial charge in [-0.05, 0) is 33.1 Å². The van der Waals surface area contributed by atoms with Crippen LogP contribution in [-0.2, 0) is 62.3 Å². The number of likely N-dealkylation sites (N-methyl/N-ethyl adjacent to an activating group) is 10. The van der Waals surface area contributed by atoms with Crippen LogP contribution in [-0.4, -0.2) is 293 Å². The van der Waals surface area contributed by atoms with E-state index in [4.69, 9.17) is 17.2 Å². The van der Waals surface area contributed by atoms with E-state index in [2.05, 4.69) is 15.6 Å². The highest BCUT2D eigenvalue weighted by atomic mass is 16.2. The first-order valence-electron chi connectivity index (χ1n) is 23.1. The first kappa shape index (κ1) is 65.5. The van der Waals surface area contributed by atoms with Crippen molar-refractivity contribution in [1.82, 2.24) is 59.6 Å². The second kappa shape index (κ2) is 32.5. The van der Waals surface area contributed by atoms with Crippen LogP contribution in [0.1, 0.15) is 39.5 Å². The Labute approximate surface area is 426 Å². The van der Waals surface area contributed by atoms with Crippen molar-refractivity contribution >= 4 is 82.6 Å². The number of amides is 12. The van der Waals surface area contributed by atoms with Crippen LogP contribution in [0.25, 0.3) is 0 Å². The van der Waals surface area contributed by atoms with Crippen LogP contribution in [0.4, 0.5) is 0 Å². The number of carbonyl (C=O) groups is 13. The van der Waals surface area contributed by atoms with E-state index in [1.54, 1.807) is 0 Å². The Morgan fingerprint density at radius 1 is 0.425 bits per heavy atom. The van der Waals surface area contributed by atoms with Gasteiger partial charge in [-0.2, -0.15) is 0 Å². The van der Waals surface area contributed by atoms with Crippen molar-refractivity contribution in [2.24, 2.45) is 22.2 Å². The van der Waals surface area contributed by atoms with E-state index in [1.165, 1.54) is 89.2 Å². The first-order chi connectivity index (χ1) is 33.8. The summed E-state index contributed by atoms with van der Waals surface area (Å²) in [5.74, 6) is -7.54. The fourth-order valence-electron chi connectivity index (χ4n) is 6.02. The number of hydrogen-bond acceptors (Lipinski definition) is 15. The van der Waals surface area contributed by atoms with Crippen molar-refractivity contribution < 1.29 is 62.3 Å². The number of Topliss-reactive ketones (excluding diaryl/α,β-unsaturated/α-hetero) is 1. The second-order valence-corrected chi connectivity index (χ2v) is 17.8. The molecule has 29 nitrogen and oxygen atoms in total. The zero-order chi connectivity index (χ0) is 56.4. The molecule has 0 rings (SSSR count). The zero-order valence-corrected chi connectivity index (χ0v) is 44.4. The number of nitrogens with two attached hydrogens (primary N) is 3. The monoisotopic (exact) mass is 1040 g/mol. The van der Waals surface area contributed by atoms with Crippen molar-refractivity contribution in [2.45, 2.75) is 51.6 Å². The topological polar surface area (TPSA) is 369 Å². The minimum atomic E-state index is -1.05. The van der Waals surface area contributed by atoms with Crippen molar-refractivity contribution in [3.63, 3.8) is 0 Å². The summed E-state index contributed by atoms with van der Waals surface area (Å²) in [6, 6.07) is -1.84. The van der Waals surface area contributed by atoms with Gasteiger partial charge in [-0.1, -0.05) is 0 Å². The van der Waals surface area contributed by atoms with Gasteiger partial charge >= 0.3 is 0 Å². The molecule has 412 valence electrons. The molecule has 0 aromatic heterocycles. The summed E-state index contributed by atoms with van der Waals surface area (Å²) in [5, 5.41) is 5.07. The predicted molar refractivity (Wildman–Crippen MR) is 265 cm³/mol. The minimum Gasteiger partial charge on any atom is -0.370 e. The fourth-order valence-corrected chi connectivity index (χ4v) is 6.02. The summed E-state index contributed by atoms with van der Waals surface area (Å²) in [4.78, 5) is 180. The maximum absolute atomic E-state index is 13.0. The highest BCUT2D eigenvalue weighted by molar-refractivity contribution is 5.95. The molecule has 8 N–H and O–H groups in total. The summed E-state index contributed by atoms with van der Waals surface area (Å²) < 4.78 is 0. The van der Waals surface area contributed by atoms with Gasteiger partial charge in [0.05, 0.1) is 71.5 Å². The van der Waals surface area contributed by atoms with E-state index in [0.717, 1.165) is 44.1 Å². The molecule has 73 heavy (non-hydrogen) atoms. The molecule has 12 amide bonds. The van der Waals surface area contributed by atoms with Gasteiger partial charge in [0.25, 0.3) is 0 Å². The number of guanidine groups is 1. The van der Waals surface area contributed by atoms with E-state index in [9.17, 15) is 62.3 Å². The zero-order valence-electron chi connectivity index (χ0n) is 44.4.